The molecule has 0 radical (unpaired) electrons. The Bertz CT molecular complexity index is 702. The van der Waals surface area contributed by atoms with Crippen LogP contribution in [0.5, 0.6) is 0 Å². The molecule has 0 fully saturated rings. The fourth-order valence-electron chi connectivity index (χ4n) is 1.75. The van der Waals surface area contributed by atoms with E-state index in [1.807, 2.05) is 18.2 Å². The van der Waals surface area contributed by atoms with Gasteiger partial charge < -0.3 is 5.32 Å². The van der Waals surface area contributed by atoms with E-state index in [9.17, 15) is 4.39 Å². The molecular weight excluding hydrogens is 245 g/mol. The summed E-state index contributed by atoms with van der Waals surface area (Å²) in [5.74, 6) is 0.0140. The highest BCUT2D eigenvalue weighted by Gasteiger charge is 2.05. The minimum Gasteiger partial charge on any atom is -0.364 e. The minimum atomic E-state index is -0.553. The van der Waals surface area contributed by atoms with E-state index in [-0.39, 0.29) is 0 Å². The SMILES string of the molecule is Fc1cc2c(NCc3ccccn3)ncnc2cn1. The molecule has 5 nitrogen and oxygen atoms in total. The average Bonchev–Trinajstić information content (AvgIpc) is 2.46. The molecule has 0 aromatic carbocycles. The van der Waals surface area contributed by atoms with Crippen molar-refractivity contribution in [3.05, 3.63) is 54.6 Å². The van der Waals surface area contributed by atoms with E-state index >= 15 is 0 Å². The number of hydrogen-bond acceptors (Lipinski definition) is 5. The first-order chi connectivity index (χ1) is 9.33. The van der Waals surface area contributed by atoms with Gasteiger partial charge in [-0.05, 0) is 12.1 Å². The molecule has 0 aliphatic rings. The Morgan fingerprint density at radius 3 is 2.89 bits per heavy atom. The summed E-state index contributed by atoms with van der Waals surface area (Å²) < 4.78 is 13.2. The van der Waals surface area contributed by atoms with Crippen molar-refractivity contribution >= 4 is 16.7 Å². The van der Waals surface area contributed by atoms with E-state index in [1.165, 1.54) is 18.6 Å². The van der Waals surface area contributed by atoms with Crippen molar-refractivity contribution in [3.8, 4) is 0 Å². The first-order valence-electron chi connectivity index (χ1n) is 5.73. The summed E-state index contributed by atoms with van der Waals surface area (Å²) in [5.41, 5.74) is 1.48. The average molecular weight is 255 g/mol. The van der Waals surface area contributed by atoms with Crippen LogP contribution < -0.4 is 5.32 Å². The van der Waals surface area contributed by atoms with Crippen molar-refractivity contribution in [1.29, 1.82) is 0 Å². The Labute approximate surface area is 108 Å². The Morgan fingerprint density at radius 2 is 2.05 bits per heavy atom. The molecule has 0 amide bonds. The van der Waals surface area contributed by atoms with Gasteiger partial charge in [0.1, 0.15) is 12.1 Å². The molecule has 3 heterocycles. The van der Waals surface area contributed by atoms with Crippen LogP contribution in [-0.2, 0) is 6.54 Å². The number of nitrogens with one attached hydrogen (secondary N) is 1. The molecule has 3 aromatic rings. The predicted molar refractivity (Wildman–Crippen MR) is 68.9 cm³/mol. The second-order valence-electron chi connectivity index (χ2n) is 3.92. The van der Waals surface area contributed by atoms with Crippen molar-refractivity contribution in [2.24, 2.45) is 0 Å². The van der Waals surface area contributed by atoms with Gasteiger partial charge >= 0.3 is 0 Å². The van der Waals surface area contributed by atoms with Crippen LogP contribution in [0.3, 0.4) is 0 Å². The van der Waals surface area contributed by atoms with Gasteiger partial charge in [-0.3, -0.25) is 4.98 Å². The lowest BCUT2D eigenvalue weighted by Crippen LogP contribution is -2.04. The van der Waals surface area contributed by atoms with Gasteiger partial charge in [0, 0.05) is 17.6 Å². The molecule has 0 bridgehead atoms. The van der Waals surface area contributed by atoms with Crippen molar-refractivity contribution in [2.75, 3.05) is 5.32 Å². The number of aromatic nitrogens is 4. The van der Waals surface area contributed by atoms with Crippen LogP contribution >= 0.6 is 0 Å². The van der Waals surface area contributed by atoms with Gasteiger partial charge in [-0.15, -0.1) is 0 Å². The monoisotopic (exact) mass is 255 g/mol. The number of nitrogens with zero attached hydrogens (tertiary/aromatic N) is 4. The third-order valence-corrected chi connectivity index (χ3v) is 2.65. The number of anilines is 1. The van der Waals surface area contributed by atoms with Gasteiger partial charge in [0.05, 0.1) is 24.0 Å². The zero-order chi connectivity index (χ0) is 13.1. The first kappa shape index (κ1) is 11.5. The number of hydrogen-bond donors (Lipinski definition) is 1. The molecule has 0 saturated carbocycles. The molecule has 3 aromatic heterocycles. The van der Waals surface area contributed by atoms with Crippen molar-refractivity contribution in [1.82, 2.24) is 19.9 Å². The Balaban J connectivity index is 1.90. The highest BCUT2D eigenvalue weighted by atomic mass is 19.1. The van der Waals surface area contributed by atoms with Gasteiger partial charge in [0.25, 0.3) is 0 Å². The quantitative estimate of drug-likeness (QED) is 0.727. The number of pyridine rings is 2. The van der Waals surface area contributed by atoms with Crippen molar-refractivity contribution < 1.29 is 4.39 Å². The summed E-state index contributed by atoms with van der Waals surface area (Å²) in [6.07, 6.45) is 4.53. The van der Waals surface area contributed by atoms with Crippen LogP contribution in [0.25, 0.3) is 10.9 Å². The molecule has 3 rings (SSSR count). The lowest BCUT2D eigenvalue weighted by atomic mass is 10.3. The normalized spacial score (nSPS) is 10.6. The molecular formula is C13H10FN5. The fourth-order valence-corrected chi connectivity index (χ4v) is 1.75. The Kier molecular flexibility index (Phi) is 2.97. The number of fused-ring (bicyclic) bond motifs is 1. The van der Waals surface area contributed by atoms with Crippen LogP contribution in [-0.4, -0.2) is 19.9 Å². The summed E-state index contributed by atoms with van der Waals surface area (Å²) >= 11 is 0. The van der Waals surface area contributed by atoms with Crippen LogP contribution in [0.1, 0.15) is 5.69 Å². The summed E-state index contributed by atoms with van der Waals surface area (Å²) in [5, 5.41) is 3.73. The molecule has 0 aliphatic heterocycles. The van der Waals surface area contributed by atoms with E-state index in [0.29, 0.717) is 23.3 Å². The zero-order valence-corrected chi connectivity index (χ0v) is 9.92. The largest absolute Gasteiger partial charge is 0.364 e. The standard InChI is InChI=1S/C13H10FN5/c14-12-5-10-11(7-16-12)18-8-19-13(10)17-6-9-3-1-2-4-15-9/h1-5,7-8H,6H2,(H,17,18,19). The van der Waals surface area contributed by atoms with Crippen LogP contribution in [0.15, 0.2) is 43.0 Å². The molecule has 0 spiro atoms. The molecule has 6 heteroatoms. The lowest BCUT2D eigenvalue weighted by molar-refractivity contribution is 0.586. The summed E-state index contributed by atoms with van der Waals surface area (Å²) in [4.78, 5) is 15.9. The molecule has 94 valence electrons. The zero-order valence-electron chi connectivity index (χ0n) is 9.92. The molecule has 19 heavy (non-hydrogen) atoms. The van der Waals surface area contributed by atoms with Crippen LogP contribution in [0.4, 0.5) is 10.2 Å². The second kappa shape index (κ2) is 4.93. The van der Waals surface area contributed by atoms with Crippen LogP contribution in [0.2, 0.25) is 0 Å². The fraction of sp³-hybridized carbons (Fsp3) is 0.0769. The molecule has 0 saturated heterocycles. The van der Waals surface area contributed by atoms with E-state index in [2.05, 4.69) is 25.3 Å². The second-order valence-corrected chi connectivity index (χ2v) is 3.92. The first-order valence-corrected chi connectivity index (χ1v) is 5.73. The van der Waals surface area contributed by atoms with Crippen molar-refractivity contribution in [2.45, 2.75) is 6.54 Å². The summed E-state index contributed by atoms with van der Waals surface area (Å²) in [7, 11) is 0. The third-order valence-electron chi connectivity index (χ3n) is 2.65. The van der Waals surface area contributed by atoms with Crippen molar-refractivity contribution in [3.63, 3.8) is 0 Å². The topological polar surface area (TPSA) is 63.6 Å². The van der Waals surface area contributed by atoms with Gasteiger partial charge in [-0.25, -0.2) is 15.0 Å². The number of rotatable bonds is 3. The minimum absolute atomic E-state index is 0.511. The van der Waals surface area contributed by atoms with E-state index in [4.69, 9.17) is 0 Å². The van der Waals surface area contributed by atoms with Gasteiger partial charge in [-0.1, -0.05) is 6.07 Å². The van der Waals surface area contributed by atoms with Gasteiger partial charge in [0.2, 0.25) is 5.95 Å². The molecule has 0 aliphatic carbocycles. The Morgan fingerprint density at radius 1 is 1.11 bits per heavy atom. The molecule has 1 N–H and O–H groups in total. The smallest absolute Gasteiger partial charge is 0.213 e. The van der Waals surface area contributed by atoms with E-state index in [0.717, 1.165) is 5.69 Å². The maximum Gasteiger partial charge on any atom is 0.213 e. The highest BCUT2D eigenvalue weighted by Crippen LogP contribution is 2.19. The maximum atomic E-state index is 13.2. The van der Waals surface area contributed by atoms with E-state index in [1.54, 1.807) is 6.20 Å². The van der Waals surface area contributed by atoms with Gasteiger partial charge in [0.15, 0.2) is 0 Å². The third kappa shape index (κ3) is 2.47. The molecule has 0 unspecified atom stereocenters. The van der Waals surface area contributed by atoms with Gasteiger partial charge in [-0.2, -0.15) is 4.39 Å². The lowest BCUT2D eigenvalue weighted by Gasteiger charge is -2.07. The maximum absolute atomic E-state index is 13.2. The highest BCUT2D eigenvalue weighted by molar-refractivity contribution is 5.87. The Hall–Kier alpha value is -2.63. The number of halogens is 1. The van der Waals surface area contributed by atoms with Crippen LogP contribution in [0, 0.1) is 5.95 Å². The van der Waals surface area contributed by atoms with E-state index < -0.39 is 5.95 Å². The predicted octanol–water partition coefficient (Wildman–Crippen LogP) is 2.17. The summed E-state index contributed by atoms with van der Waals surface area (Å²) in [6.45, 7) is 0.511. The summed E-state index contributed by atoms with van der Waals surface area (Å²) in [6, 6.07) is 6.98. The molecule has 0 atom stereocenters.